The number of amides is 1. The van der Waals surface area contributed by atoms with Crippen molar-refractivity contribution >= 4 is 30.7 Å². The number of hydrogen-bond acceptors (Lipinski definition) is 6. The van der Waals surface area contributed by atoms with Crippen molar-refractivity contribution in [3.8, 4) is 5.75 Å². The first-order chi connectivity index (χ1) is 13.9. The Morgan fingerprint density at radius 3 is 2.71 bits per heavy atom. The van der Waals surface area contributed by atoms with E-state index in [1.165, 1.54) is 0 Å². The van der Waals surface area contributed by atoms with Gasteiger partial charge in [0.2, 0.25) is 0 Å². The summed E-state index contributed by atoms with van der Waals surface area (Å²) in [7, 11) is 5.88. The summed E-state index contributed by atoms with van der Waals surface area (Å²) < 4.78 is 13.6. The van der Waals surface area contributed by atoms with E-state index in [1.807, 2.05) is 63.6 Å². The number of nitrogens with zero attached hydrogens (tertiary/aromatic N) is 4. The van der Waals surface area contributed by atoms with Gasteiger partial charge in [-0.25, -0.2) is 0 Å². The third-order valence-corrected chi connectivity index (χ3v) is 4.97. The van der Waals surface area contributed by atoms with E-state index >= 15 is 0 Å². The van der Waals surface area contributed by atoms with Crippen LogP contribution in [0, 0.1) is 6.92 Å². The summed E-state index contributed by atoms with van der Waals surface area (Å²) >= 11 is 0. The Morgan fingerprint density at radius 2 is 2.10 bits per heavy atom. The van der Waals surface area contributed by atoms with Crippen LogP contribution in [-0.4, -0.2) is 78.5 Å². The summed E-state index contributed by atoms with van der Waals surface area (Å²) in [4.78, 5) is 17.6. The highest BCUT2D eigenvalue weighted by atomic mass is 35.5. The van der Waals surface area contributed by atoms with E-state index in [-0.39, 0.29) is 42.9 Å². The summed E-state index contributed by atoms with van der Waals surface area (Å²) in [6.45, 7) is 4.42. The van der Waals surface area contributed by atoms with Crippen molar-refractivity contribution in [2.75, 3.05) is 46.9 Å². The Labute approximate surface area is 196 Å². The molecule has 1 aromatic heterocycles. The summed E-state index contributed by atoms with van der Waals surface area (Å²) in [5.41, 5.74) is 8.11. The molecule has 2 heterocycles. The molecular formula is C21H33Cl2N5O3. The third kappa shape index (κ3) is 6.57. The topological polar surface area (TPSA) is 85.8 Å². The lowest BCUT2D eigenvalue weighted by molar-refractivity contribution is -0.0685. The highest BCUT2D eigenvalue weighted by Crippen LogP contribution is 2.33. The molecule has 2 aromatic rings. The minimum absolute atomic E-state index is 0. The molecule has 31 heavy (non-hydrogen) atoms. The number of nitrogens with two attached hydrogens (primary N) is 1. The molecule has 1 saturated heterocycles. The zero-order chi connectivity index (χ0) is 21.0. The number of aromatic nitrogens is 2. The highest BCUT2D eigenvalue weighted by Gasteiger charge is 2.38. The van der Waals surface area contributed by atoms with Gasteiger partial charge in [-0.15, -0.1) is 24.8 Å². The Balaban J connectivity index is 0.00000240. The predicted octanol–water partition coefficient (Wildman–Crippen LogP) is 2.05. The SMILES string of the molecule is Cc1ccc(OCCN)c(C(=O)N2CCO[C@@H](CN(C)C)[C@@H]2c2cnn(C)c2)c1.Cl.Cl. The first kappa shape index (κ1) is 27.2. The van der Waals surface area contributed by atoms with Crippen LogP contribution in [0.3, 0.4) is 0 Å². The first-order valence-electron chi connectivity index (χ1n) is 9.90. The van der Waals surface area contributed by atoms with Gasteiger partial charge in [0.1, 0.15) is 12.4 Å². The van der Waals surface area contributed by atoms with Gasteiger partial charge in [-0.3, -0.25) is 9.48 Å². The van der Waals surface area contributed by atoms with E-state index < -0.39 is 0 Å². The fourth-order valence-electron chi connectivity index (χ4n) is 3.72. The number of rotatable bonds is 7. The number of carbonyl (C=O) groups is 1. The Bertz CT molecular complexity index is 846. The second-order valence-corrected chi connectivity index (χ2v) is 7.70. The van der Waals surface area contributed by atoms with E-state index in [2.05, 4.69) is 10.00 Å². The Hall–Kier alpha value is -1.84. The second kappa shape index (κ2) is 12.3. The number of aryl methyl sites for hydroxylation is 2. The van der Waals surface area contributed by atoms with Crippen LogP contribution in [0.15, 0.2) is 30.6 Å². The van der Waals surface area contributed by atoms with Gasteiger partial charge < -0.3 is 25.0 Å². The smallest absolute Gasteiger partial charge is 0.258 e. The number of ether oxygens (including phenoxy) is 2. The molecule has 0 unspecified atom stereocenters. The van der Waals surface area contributed by atoms with Crippen LogP contribution in [-0.2, 0) is 11.8 Å². The van der Waals surface area contributed by atoms with E-state index in [4.69, 9.17) is 15.2 Å². The molecule has 0 saturated carbocycles. The zero-order valence-corrected chi connectivity index (χ0v) is 20.1. The monoisotopic (exact) mass is 473 g/mol. The fraction of sp³-hybridized carbons (Fsp3) is 0.524. The van der Waals surface area contributed by atoms with Crippen LogP contribution in [0.1, 0.15) is 27.5 Å². The van der Waals surface area contributed by atoms with Crippen LogP contribution < -0.4 is 10.5 Å². The molecule has 0 spiro atoms. The number of hydrogen-bond donors (Lipinski definition) is 1. The van der Waals surface area contributed by atoms with Crippen molar-refractivity contribution in [2.45, 2.75) is 19.1 Å². The number of likely N-dealkylation sites (N-methyl/N-ethyl adjacent to an activating group) is 1. The lowest BCUT2D eigenvalue weighted by Gasteiger charge is -2.42. The third-order valence-electron chi connectivity index (χ3n) is 4.97. The Morgan fingerprint density at radius 1 is 1.35 bits per heavy atom. The second-order valence-electron chi connectivity index (χ2n) is 7.70. The van der Waals surface area contributed by atoms with Crippen molar-refractivity contribution in [3.63, 3.8) is 0 Å². The van der Waals surface area contributed by atoms with Crippen LogP contribution >= 0.6 is 24.8 Å². The normalized spacial score (nSPS) is 18.3. The quantitative estimate of drug-likeness (QED) is 0.661. The standard InChI is InChI=1S/C21H31N5O3.2ClH/c1-15-5-6-18(28-9-7-22)17(11-15)21(27)26-8-10-29-19(14-24(2)3)20(26)16-12-23-25(4)13-16;;/h5-6,11-13,19-20H,7-10,14,22H2,1-4H3;2*1H/t19-,20-;;/m0../s1. The fourth-order valence-corrected chi connectivity index (χ4v) is 3.72. The lowest BCUT2D eigenvalue weighted by Crippen LogP contribution is -2.51. The van der Waals surface area contributed by atoms with E-state index in [9.17, 15) is 4.79 Å². The van der Waals surface area contributed by atoms with Crippen molar-refractivity contribution in [1.29, 1.82) is 0 Å². The minimum Gasteiger partial charge on any atom is -0.491 e. The predicted molar refractivity (Wildman–Crippen MR) is 126 cm³/mol. The van der Waals surface area contributed by atoms with Crippen LogP contribution in [0.4, 0.5) is 0 Å². The van der Waals surface area contributed by atoms with E-state index in [0.717, 1.165) is 11.1 Å². The van der Waals surface area contributed by atoms with Gasteiger partial charge in [-0.2, -0.15) is 5.10 Å². The van der Waals surface area contributed by atoms with Crippen molar-refractivity contribution in [1.82, 2.24) is 19.6 Å². The molecule has 8 nitrogen and oxygen atoms in total. The summed E-state index contributed by atoms with van der Waals surface area (Å²) in [6, 6.07) is 5.44. The number of halogens is 2. The first-order valence-corrected chi connectivity index (χ1v) is 9.90. The van der Waals surface area contributed by atoms with Crippen LogP contribution in [0.5, 0.6) is 5.75 Å². The van der Waals surface area contributed by atoms with Gasteiger partial charge in [-0.1, -0.05) is 11.6 Å². The van der Waals surface area contributed by atoms with Gasteiger partial charge in [0.25, 0.3) is 5.91 Å². The average molecular weight is 474 g/mol. The number of benzene rings is 1. The maximum absolute atomic E-state index is 13.7. The molecule has 1 fully saturated rings. The van der Waals surface area contributed by atoms with E-state index in [0.29, 0.717) is 44.2 Å². The lowest BCUT2D eigenvalue weighted by atomic mass is 9.98. The average Bonchev–Trinajstić information content (AvgIpc) is 3.11. The van der Waals surface area contributed by atoms with E-state index in [1.54, 1.807) is 4.68 Å². The molecule has 0 radical (unpaired) electrons. The molecule has 174 valence electrons. The molecule has 2 atom stereocenters. The van der Waals surface area contributed by atoms with Crippen LogP contribution in [0.2, 0.25) is 0 Å². The Kier molecular flexibility index (Phi) is 10.8. The van der Waals surface area contributed by atoms with Crippen molar-refractivity contribution in [3.05, 3.63) is 47.3 Å². The van der Waals surface area contributed by atoms with Gasteiger partial charge >= 0.3 is 0 Å². The maximum atomic E-state index is 13.7. The maximum Gasteiger partial charge on any atom is 0.258 e. The molecule has 1 amide bonds. The minimum atomic E-state index is -0.227. The number of morpholine rings is 1. The molecule has 2 N–H and O–H groups in total. The summed E-state index contributed by atoms with van der Waals surface area (Å²) in [5.74, 6) is 0.494. The van der Waals surface area contributed by atoms with Crippen molar-refractivity contribution in [2.24, 2.45) is 12.8 Å². The molecule has 0 bridgehead atoms. The molecule has 1 aliphatic rings. The zero-order valence-electron chi connectivity index (χ0n) is 18.5. The van der Waals surface area contributed by atoms with Gasteiger partial charge in [-0.05, 0) is 33.2 Å². The van der Waals surface area contributed by atoms with Gasteiger partial charge in [0.05, 0.1) is 30.5 Å². The largest absolute Gasteiger partial charge is 0.491 e. The van der Waals surface area contributed by atoms with Gasteiger partial charge in [0, 0.05) is 38.4 Å². The molecule has 10 heteroatoms. The summed E-state index contributed by atoms with van der Waals surface area (Å²) in [6.07, 6.45) is 3.61. The molecule has 0 aliphatic carbocycles. The molecular weight excluding hydrogens is 441 g/mol. The number of carbonyl (C=O) groups excluding carboxylic acids is 1. The summed E-state index contributed by atoms with van der Waals surface area (Å²) in [5, 5.41) is 4.32. The van der Waals surface area contributed by atoms with Crippen molar-refractivity contribution < 1.29 is 14.3 Å². The van der Waals surface area contributed by atoms with Gasteiger partial charge in [0.15, 0.2) is 0 Å². The molecule has 1 aliphatic heterocycles. The molecule has 1 aromatic carbocycles. The molecule has 3 rings (SSSR count). The highest BCUT2D eigenvalue weighted by molar-refractivity contribution is 5.97. The van der Waals surface area contributed by atoms with Crippen LogP contribution in [0.25, 0.3) is 0 Å².